The molecule has 5 atom stereocenters. The Hall–Kier alpha value is -4.58. The molecule has 12 heteroatoms. The van der Waals surface area contributed by atoms with Gasteiger partial charge in [0.25, 0.3) is 6.01 Å². The minimum Gasteiger partial charge on any atom is -0.479 e. The third-order valence-corrected chi connectivity index (χ3v) is 12.6. The Morgan fingerprint density at radius 1 is 1.07 bits per heavy atom. The van der Waals surface area contributed by atoms with Crippen molar-refractivity contribution >= 4 is 45.7 Å². The molecule has 10 nitrogen and oxygen atoms in total. The summed E-state index contributed by atoms with van der Waals surface area (Å²) >= 11 is 1.67. The van der Waals surface area contributed by atoms with Crippen molar-refractivity contribution < 1.29 is 28.6 Å². The van der Waals surface area contributed by atoms with E-state index in [0.717, 1.165) is 47.3 Å². The predicted molar refractivity (Wildman–Crippen MR) is 224 cm³/mol. The summed E-state index contributed by atoms with van der Waals surface area (Å²) in [6.07, 6.45) is 14.0. The molecule has 2 aliphatic carbocycles. The molecule has 306 valence electrons. The number of unbranched alkanes of at least 4 members (excludes halogenated alkanes) is 3. The molecular weight excluding hydrogens is 742 g/mol. The Labute approximate surface area is 339 Å². The van der Waals surface area contributed by atoms with E-state index in [4.69, 9.17) is 14.7 Å². The summed E-state index contributed by atoms with van der Waals surface area (Å²) in [4.78, 5) is 48.2. The van der Waals surface area contributed by atoms with Crippen LogP contribution >= 0.6 is 11.3 Å². The molecule has 0 radical (unpaired) electrons. The minimum atomic E-state index is -1.30. The van der Waals surface area contributed by atoms with E-state index in [9.17, 15) is 23.9 Å². The number of hydrogen-bond donors (Lipinski definition) is 3. The average Bonchev–Trinajstić information content (AvgIpc) is 3.63. The van der Waals surface area contributed by atoms with Gasteiger partial charge in [-0.15, -0.1) is 11.3 Å². The first-order chi connectivity index (χ1) is 27.4. The van der Waals surface area contributed by atoms with Crippen molar-refractivity contribution in [2.45, 2.75) is 141 Å². The van der Waals surface area contributed by atoms with Gasteiger partial charge in [0.05, 0.1) is 17.3 Å². The average molecular weight is 800 g/mol. The van der Waals surface area contributed by atoms with E-state index in [1.165, 1.54) is 43.5 Å². The van der Waals surface area contributed by atoms with Crippen molar-refractivity contribution in [2.24, 2.45) is 11.8 Å². The number of anilines is 1. The van der Waals surface area contributed by atoms with E-state index in [-0.39, 0.29) is 41.6 Å². The number of carboxylic acid groups (broad SMARTS) is 1. The Morgan fingerprint density at radius 2 is 1.82 bits per heavy atom. The summed E-state index contributed by atoms with van der Waals surface area (Å²) in [6, 6.07) is 12.4. The number of ether oxygens (including phenoxy) is 1. The van der Waals surface area contributed by atoms with Gasteiger partial charge in [-0.25, -0.2) is 14.2 Å². The number of halogens is 1. The topological polar surface area (TPSA) is 135 Å². The van der Waals surface area contributed by atoms with Gasteiger partial charge in [-0.2, -0.15) is 4.98 Å². The fourth-order valence-corrected chi connectivity index (χ4v) is 9.02. The van der Waals surface area contributed by atoms with Crippen LogP contribution in [0, 0.1) is 17.7 Å². The maximum Gasteiger partial charge on any atom is 0.330 e. The molecule has 2 aliphatic rings. The number of carbonyl (C=O) groups excluding carboxylic acids is 2. The number of benzene rings is 2. The number of aliphatic carboxylic acids is 1. The molecule has 0 aliphatic heterocycles. The molecule has 6 rings (SSSR count). The predicted octanol–water partition coefficient (Wildman–Crippen LogP) is 10.3. The maximum absolute atomic E-state index is 13.5. The van der Waals surface area contributed by atoms with Crippen LogP contribution in [0.2, 0.25) is 0 Å². The second-order valence-electron chi connectivity index (χ2n) is 16.3. The molecule has 1 amide bonds. The van der Waals surface area contributed by atoms with Crippen LogP contribution < -0.4 is 15.4 Å². The zero-order chi connectivity index (χ0) is 40.7. The van der Waals surface area contributed by atoms with Crippen LogP contribution in [0.15, 0.2) is 60.0 Å². The number of thiazole rings is 1. The molecule has 2 fully saturated rings. The van der Waals surface area contributed by atoms with E-state index in [1.807, 2.05) is 32.1 Å². The van der Waals surface area contributed by atoms with Crippen molar-refractivity contribution in [3.05, 3.63) is 71.5 Å². The van der Waals surface area contributed by atoms with Gasteiger partial charge in [0.2, 0.25) is 5.91 Å². The number of nitrogens with zero attached hydrogens (tertiary/aromatic N) is 3. The quantitative estimate of drug-likeness (QED) is 0.0560. The molecule has 2 saturated carbocycles. The lowest BCUT2D eigenvalue weighted by Crippen LogP contribution is -2.47. The van der Waals surface area contributed by atoms with E-state index in [2.05, 4.69) is 46.6 Å². The lowest BCUT2D eigenvalue weighted by atomic mass is 10.00. The Balaban J connectivity index is 1.01. The number of para-hydroxylation sites is 1. The minimum absolute atomic E-state index is 0.0350. The first kappa shape index (κ1) is 42.0. The highest BCUT2D eigenvalue weighted by atomic mass is 32.1. The van der Waals surface area contributed by atoms with Crippen LogP contribution in [0.25, 0.3) is 21.6 Å². The molecule has 4 aromatic rings. The zero-order valence-electron chi connectivity index (χ0n) is 33.9. The van der Waals surface area contributed by atoms with Crippen molar-refractivity contribution in [3.63, 3.8) is 0 Å². The van der Waals surface area contributed by atoms with Crippen LogP contribution in [0.1, 0.15) is 129 Å². The molecule has 2 aromatic carbocycles. The van der Waals surface area contributed by atoms with Gasteiger partial charge in [0.15, 0.2) is 5.78 Å². The Bertz CT molecular complexity index is 2040. The van der Waals surface area contributed by atoms with E-state index in [1.54, 1.807) is 30.4 Å². The molecule has 0 unspecified atom stereocenters. The number of fused-ring (bicyclic) bond motifs is 1. The number of hydrogen-bond acceptors (Lipinski definition) is 8. The number of allylic oxidation sites excluding steroid dienone is 1. The molecule has 3 N–H and O–H groups in total. The number of rotatable bonds is 21. The highest BCUT2D eigenvalue weighted by molar-refractivity contribution is 7.13. The monoisotopic (exact) mass is 799 g/mol. The first-order valence-corrected chi connectivity index (χ1v) is 21.7. The maximum atomic E-state index is 13.5. The smallest absolute Gasteiger partial charge is 0.330 e. The SMILES string of the molecule is CC[C@@H](C[C@H](C)C(=O)N[C@]1(C(=O)O)C[C@H]1/C=C\CCCCC[C@H](Nc1ccc(F)cc1)C(C)=O)Oc1nc2c(-c3nc(C4CCCC4)cs3)cccc2n1C(C)C. The molecule has 0 spiro atoms. The fourth-order valence-electron chi connectivity index (χ4n) is 8.10. The Morgan fingerprint density at radius 3 is 2.51 bits per heavy atom. The number of imidazole rings is 1. The largest absolute Gasteiger partial charge is 0.479 e. The van der Waals surface area contributed by atoms with Crippen LogP contribution in [0.4, 0.5) is 10.1 Å². The van der Waals surface area contributed by atoms with Gasteiger partial charge in [-0.3, -0.25) is 14.2 Å². The number of carboxylic acids is 1. The number of aromatic nitrogens is 3. The molecule has 2 heterocycles. The molecule has 57 heavy (non-hydrogen) atoms. The van der Waals surface area contributed by atoms with Crippen molar-refractivity contribution in [1.82, 2.24) is 19.9 Å². The van der Waals surface area contributed by atoms with Gasteiger partial charge in [-0.1, -0.05) is 57.7 Å². The fraction of sp³-hybridized carbons (Fsp3) is 0.533. The normalized spacial score (nSPS) is 19.9. The highest BCUT2D eigenvalue weighted by Crippen LogP contribution is 2.45. The summed E-state index contributed by atoms with van der Waals surface area (Å²) in [7, 11) is 0. The third-order valence-electron chi connectivity index (χ3n) is 11.7. The number of Topliss-reactive ketones (excluding diaryl/α,β-unsaturated/α-hetero) is 1. The van der Waals surface area contributed by atoms with Crippen molar-refractivity contribution in [2.75, 3.05) is 5.32 Å². The summed E-state index contributed by atoms with van der Waals surface area (Å²) < 4.78 is 21.9. The van der Waals surface area contributed by atoms with E-state index < -0.39 is 17.4 Å². The summed E-state index contributed by atoms with van der Waals surface area (Å²) in [5, 5.41) is 19.4. The molecule has 2 aromatic heterocycles. The van der Waals surface area contributed by atoms with Crippen LogP contribution in [0.3, 0.4) is 0 Å². The van der Waals surface area contributed by atoms with Gasteiger partial charge in [-0.05, 0) is 109 Å². The molecule has 0 bridgehead atoms. The second-order valence-corrected chi connectivity index (χ2v) is 17.2. The van der Waals surface area contributed by atoms with Crippen LogP contribution in [-0.4, -0.2) is 55.0 Å². The van der Waals surface area contributed by atoms with Crippen molar-refractivity contribution in [1.29, 1.82) is 0 Å². The lowest BCUT2D eigenvalue weighted by molar-refractivity contribution is -0.144. The summed E-state index contributed by atoms with van der Waals surface area (Å²) in [5.41, 5.74) is 3.41. The zero-order valence-corrected chi connectivity index (χ0v) is 34.7. The van der Waals surface area contributed by atoms with Crippen molar-refractivity contribution in [3.8, 4) is 16.6 Å². The highest BCUT2D eigenvalue weighted by Gasteiger charge is 2.60. The number of ketones is 1. The Kier molecular flexibility index (Phi) is 13.9. The lowest BCUT2D eigenvalue weighted by Gasteiger charge is -2.23. The van der Waals surface area contributed by atoms with Gasteiger partial charge in [0.1, 0.15) is 28.0 Å². The second kappa shape index (κ2) is 18.8. The van der Waals surface area contributed by atoms with E-state index >= 15 is 0 Å². The van der Waals surface area contributed by atoms with Gasteiger partial charge < -0.3 is 20.5 Å². The third kappa shape index (κ3) is 10.1. The summed E-state index contributed by atoms with van der Waals surface area (Å²) in [6.45, 7) is 9.61. The number of nitrogens with one attached hydrogen (secondary N) is 2. The van der Waals surface area contributed by atoms with Gasteiger partial charge in [0, 0.05) is 40.4 Å². The van der Waals surface area contributed by atoms with Gasteiger partial charge >= 0.3 is 5.97 Å². The standard InChI is InChI=1S/C45H58FN5O5S/c1-6-35(56-44-49-40-36(18-14-20-39(40)51(44)28(2)3)42-48-38(27-57-42)31-15-12-13-16-31)25-29(4)41(53)50-45(43(54)55)26-32(45)17-10-8-7-9-11-19-37(30(5)52)47-34-23-21-33(46)22-24-34/h10,14,17-18,20-24,27-29,31-32,35,37,47H,6-9,11-13,15-16,19,25-26H2,1-5H3,(H,50,53)(H,54,55)/b17-10-/t29-,32+,35-,37-,45+/m0/s1. The van der Waals surface area contributed by atoms with Crippen LogP contribution in [0.5, 0.6) is 6.01 Å². The number of amides is 1. The molecule has 0 saturated heterocycles. The molecular formula is C45H58FN5O5S. The van der Waals surface area contributed by atoms with E-state index in [0.29, 0.717) is 43.3 Å². The first-order valence-electron chi connectivity index (χ1n) is 20.8. The summed E-state index contributed by atoms with van der Waals surface area (Å²) in [5.74, 6) is -1.83. The number of carbonyl (C=O) groups is 3. The van der Waals surface area contributed by atoms with Crippen LogP contribution in [-0.2, 0) is 14.4 Å².